The SMILES string of the molecule is CC/C=C/CCCCCCOC(=O)c1ccc(S(=O)(=O)[O-])cc1C(=O)OCCCCCC/C=C/CC.[Na+]. The predicted molar refractivity (Wildman–Crippen MR) is 140 cm³/mol. The Morgan fingerprint density at radius 3 is 1.65 bits per heavy atom. The first kappa shape index (κ1) is 35.5. The number of hydrogen-bond donors (Lipinski definition) is 0. The Kier molecular flexibility index (Phi) is 20.6. The second-order valence-electron chi connectivity index (χ2n) is 8.60. The molecular formula is C28H41NaO7S. The van der Waals surface area contributed by atoms with Gasteiger partial charge in [0.1, 0.15) is 10.1 Å². The summed E-state index contributed by atoms with van der Waals surface area (Å²) in [6.07, 6.45) is 20.0. The zero-order chi connectivity index (χ0) is 26.7. The van der Waals surface area contributed by atoms with Crippen LogP contribution in [0.1, 0.15) is 112 Å². The van der Waals surface area contributed by atoms with Crippen LogP contribution in [0.3, 0.4) is 0 Å². The van der Waals surface area contributed by atoms with E-state index in [-0.39, 0.29) is 53.9 Å². The molecule has 0 atom stereocenters. The third-order valence-corrected chi connectivity index (χ3v) is 6.35. The molecule has 0 aliphatic rings. The summed E-state index contributed by atoms with van der Waals surface area (Å²) in [5, 5.41) is 0. The average molecular weight is 545 g/mol. The zero-order valence-corrected chi connectivity index (χ0v) is 25.5. The van der Waals surface area contributed by atoms with Crippen molar-refractivity contribution < 1.29 is 61.6 Å². The Labute approximate surface area is 245 Å². The Bertz CT molecular complexity index is 955. The van der Waals surface area contributed by atoms with Crippen LogP contribution in [0, 0.1) is 0 Å². The maximum absolute atomic E-state index is 12.6. The van der Waals surface area contributed by atoms with Crippen LogP contribution in [0.4, 0.5) is 0 Å². The van der Waals surface area contributed by atoms with E-state index < -0.39 is 27.0 Å². The van der Waals surface area contributed by atoms with Crippen LogP contribution in [0.15, 0.2) is 47.4 Å². The maximum atomic E-state index is 12.6. The molecule has 202 valence electrons. The summed E-state index contributed by atoms with van der Waals surface area (Å²) in [4.78, 5) is 24.6. The minimum Gasteiger partial charge on any atom is -0.744 e. The van der Waals surface area contributed by atoms with Crippen LogP contribution in [-0.2, 0) is 19.6 Å². The minimum atomic E-state index is -4.80. The second kappa shape index (κ2) is 21.5. The quantitative estimate of drug-likeness (QED) is 0.0858. The van der Waals surface area contributed by atoms with Crippen molar-refractivity contribution >= 4 is 22.1 Å². The largest absolute Gasteiger partial charge is 1.00 e. The van der Waals surface area contributed by atoms with Gasteiger partial charge in [0.25, 0.3) is 0 Å². The van der Waals surface area contributed by atoms with Gasteiger partial charge in [-0.3, -0.25) is 0 Å². The molecule has 0 saturated carbocycles. The molecule has 0 fully saturated rings. The first-order valence-electron chi connectivity index (χ1n) is 13.0. The number of carbonyl (C=O) groups excluding carboxylic acids is 2. The average Bonchev–Trinajstić information content (AvgIpc) is 2.85. The number of carbonyl (C=O) groups is 2. The standard InChI is InChI=1S/C28H42O7S.Na/c1-3-5-7-9-11-13-15-17-21-34-27(29)25-20-19-24(36(31,32)33)23-26(25)28(30)35-22-18-16-14-12-10-8-6-4-2;/h5-8,19-20,23H,3-4,9-18,21-22H2,1-2H3,(H,31,32,33);/q;+1/p-1/b7-5+,8-6+;. The summed E-state index contributed by atoms with van der Waals surface area (Å²) in [7, 11) is -4.80. The summed E-state index contributed by atoms with van der Waals surface area (Å²) in [5.41, 5.74) is -0.385. The van der Waals surface area contributed by atoms with Crippen LogP contribution in [-0.4, -0.2) is 38.1 Å². The van der Waals surface area contributed by atoms with E-state index >= 15 is 0 Å². The van der Waals surface area contributed by atoms with Gasteiger partial charge in [-0.25, -0.2) is 18.0 Å². The first-order chi connectivity index (χ1) is 17.3. The normalized spacial score (nSPS) is 11.5. The molecule has 1 aromatic rings. The Morgan fingerprint density at radius 1 is 0.730 bits per heavy atom. The number of hydrogen-bond acceptors (Lipinski definition) is 7. The molecule has 0 bridgehead atoms. The first-order valence-corrected chi connectivity index (χ1v) is 14.5. The zero-order valence-electron chi connectivity index (χ0n) is 22.7. The van der Waals surface area contributed by atoms with Gasteiger partial charge in [0, 0.05) is 0 Å². The van der Waals surface area contributed by atoms with Gasteiger partial charge in [0.05, 0.1) is 29.2 Å². The third-order valence-electron chi connectivity index (χ3n) is 5.52. The Hall–Kier alpha value is -1.45. The minimum absolute atomic E-state index is 0. The Morgan fingerprint density at radius 2 is 1.19 bits per heavy atom. The smallest absolute Gasteiger partial charge is 0.744 e. The van der Waals surface area contributed by atoms with Crippen LogP contribution in [0.5, 0.6) is 0 Å². The molecule has 7 nitrogen and oxygen atoms in total. The molecular weight excluding hydrogens is 503 g/mol. The third kappa shape index (κ3) is 16.2. The van der Waals surface area contributed by atoms with Gasteiger partial charge >= 0.3 is 41.5 Å². The molecule has 0 aliphatic carbocycles. The molecule has 0 N–H and O–H groups in total. The molecule has 0 unspecified atom stereocenters. The van der Waals surface area contributed by atoms with Gasteiger partial charge in [0.2, 0.25) is 0 Å². The van der Waals surface area contributed by atoms with E-state index in [4.69, 9.17) is 9.47 Å². The van der Waals surface area contributed by atoms with E-state index in [0.29, 0.717) is 12.8 Å². The molecule has 0 heterocycles. The molecule has 0 radical (unpaired) electrons. The van der Waals surface area contributed by atoms with Gasteiger partial charge in [-0.2, -0.15) is 0 Å². The fourth-order valence-corrected chi connectivity index (χ4v) is 4.01. The fraction of sp³-hybridized carbons (Fsp3) is 0.571. The predicted octanol–water partition coefficient (Wildman–Crippen LogP) is 3.74. The van der Waals surface area contributed by atoms with Gasteiger partial charge in [-0.1, -0.05) is 63.8 Å². The van der Waals surface area contributed by atoms with E-state index in [0.717, 1.165) is 82.4 Å². The van der Waals surface area contributed by atoms with Crippen molar-refractivity contribution in [3.8, 4) is 0 Å². The van der Waals surface area contributed by atoms with Gasteiger partial charge < -0.3 is 14.0 Å². The van der Waals surface area contributed by atoms with Crippen LogP contribution >= 0.6 is 0 Å². The molecule has 1 aromatic carbocycles. The number of ether oxygens (including phenoxy) is 2. The van der Waals surface area contributed by atoms with Crippen molar-refractivity contribution in [2.75, 3.05) is 13.2 Å². The van der Waals surface area contributed by atoms with E-state index in [1.54, 1.807) is 0 Å². The van der Waals surface area contributed by atoms with Crippen molar-refractivity contribution in [1.82, 2.24) is 0 Å². The van der Waals surface area contributed by atoms with Gasteiger partial charge in [-0.05, 0) is 69.6 Å². The number of esters is 2. The van der Waals surface area contributed by atoms with Crippen molar-refractivity contribution in [2.45, 2.75) is 95.8 Å². The van der Waals surface area contributed by atoms with Crippen LogP contribution < -0.4 is 29.6 Å². The summed E-state index contributed by atoms with van der Waals surface area (Å²) < 4.78 is 44.9. The summed E-state index contributed by atoms with van der Waals surface area (Å²) in [6, 6.07) is 3.03. The van der Waals surface area contributed by atoms with Crippen LogP contribution in [0.2, 0.25) is 0 Å². The van der Waals surface area contributed by atoms with E-state index in [1.807, 2.05) is 0 Å². The van der Waals surface area contributed by atoms with E-state index in [1.165, 1.54) is 0 Å². The molecule has 0 aromatic heterocycles. The van der Waals surface area contributed by atoms with Crippen molar-refractivity contribution in [1.29, 1.82) is 0 Å². The molecule has 1 rings (SSSR count). The fourth-order valence-electron chi connectivity index (χ4n) is 3.52. The Balaban J connectivity index is 0.0000130. The molecule has 0 saturated heterocycles. The van der Waals surface area contributed by atoms with Crippen molar-refractivity contribution in [2.24, 2.45) is 0 Å². The topological polar surface area (TPSA) is 110 Å². The second-order valence-corrected chi connectivity index (χ2v) is 9.98. The van der Waals surface area contributed by atoms with Crippen molar-refractivity contribution in [3.05, 3.63) is 53.6 Å². The number of rotatable bonds is 19. The summed E-state index contributed by atoms with van der Waals surface area (Å²) in [5.74, 6) is -1.60. The monoisotopic (exact) mass is 544 g/mol. The molecule has 0 amide bonds. The van der Waals surface area contributed by atoms with E-state index in [9.17, 15) is 22.6 Å². The maximum Gasteiger partial charge on any atom is 1.00 e. The summed E-state index contributed by atoms with van der Waals surface area (Å²) in [6.45, 7) is 4.51. The molecule has 9 heteroatoms. The molecule has 0 aliphatic heterocycles. The van der Waals surface area contributed by atoms with Crippen molar-refractivity contribution in [3.63, 3.8) is 0 Å². The number of benzene rings is 1. The van der Waals surface area contributed by atoms with Gasteiger partial charge in [0.15, 0.2) is 0 Å². The van der Waals surface area contributed by atoms with E-state index in [2.05, 4.69) is 38.2 Å². The number of unbranched alkanes of at least 4 members (excludes halogenated alkanes) is 8. The number of allylic oxidation sites excluding steroid dienone is 4. The molecule has 0 spiro atoms. The summed E-state index contributed by atoms with van der Waals surface area (Å²) >= 11 is 0. The molecule has 37 heavy (non-hydrogen) atoms. The van der Waals surface area contributed by atoms with Crippen LogP contribution in [0.25, 0.3) is 0 Å². The van der Waals surface area contributed by atoms with Gasteiger partial charge in [-0.15, -0.1) is 0 Å².